The van der Waals surface area contributed by atoms with Crippen LogP contribution in [0.2, 0.25) is 0 Å². The summed E-state index contributed by atoms with van der Waals surface area (Å²) in [5.74, 6) is 0.174. The van der Waals surface area contributed by atoms with Crippen LogP contribution in [-0.4, -0.2) is 20.6 Å². The summed E-state index contributed by atoms with van der Waals surface area (Å²) in [4.78, 5) is 30.2. The summed E-state index contributed by atoms with van der Waals surface area (Å²) in [6, 6.07) is 5.15. The summed E-state index contributed by atoms with van der Waals surface area (Å²) in [5, 5.41) is 7.10. The van der Waals surface area contributed by atoms with Gasteiger partial charge < -0.3 is 9.84 Å². The second kappa shape index (κ2) is 6.74. The molecule has 0 fully saturated rings. The highest BCUT2D eigenvalue weighted by atomic mass is 16.5. The molecule has 1 atom stereocenters. The third-order valence-corrected chi connectivity index (χ3v) is 4.62. The molecule has 0 aliphatic heterocycles. The second-order valence-electron chi connectivity index (χ2n) is 6.46. The van der Waals surface area contributed by atoms with Crippen LogP contribution in [0.5, 0.6) is 0 Å². The number of aromatic nitrogens is 3. The van der Waals surface area contributed by atoms with E-state index in [2.05, 4.69) is 15.5 Å². The predicted octanol–water partition coefficient (Wildman–Crippen LogP) is 3.21. The lowest BCUT2D eigenvalue weighted by molar-refractivity contribution is -0.119. The molecule has 3 rings (SSSR count). The van der Waals surface area contributed by atoms with Crippen molar-refractivity contribution < 1.29 is 9.32 Å². The van der Waals surface area contributed by atoms with E-state index in [1.807, 2.05) is 39.0 Å². The predicted molar refractivity (Wildman–Crippen MR) is 99.4 cm³/mol. The standard InChI is InChI=1S/C19H22N4O3/c1-6-14(17(24)21-16-10(2)8-7-9-11(16)3)23-13(5)20-18-15(19(23)25)12(4)22-26-18/h7-9,14H,6H2,1-5H3,(H,21,24)/t14-/m1/s1. The second-order valence-corrected chi connectivity index (χ2v) is 6.46. The molecule has 7 heteroatoms. The van der Waals surface area contributed by atoms with Crippen LogP contribution in [0.4, 0.5) is 5.69 Å². The van der Waals surface area contributed by atoms with E-state index in [4.69, 9.17) is 4.52 Å². The van der Waals surface area contributed by atoms with Crippen LogP contribution >= 0.6 is 0 Å². The van der Waals surface area contributed by atoms with Gasteiger partial charge in [0.1, 0.15) is 17.3 Å². The number of fused-ring (bicyclic) bond motifs is 1. The Kier molecular flexibility index (Phi) is 4.63. The average molecular weight is 354 g/mol. The quantitative estimate of drug-likeness (QED) is 0.777. The molecule has 0 radical (unpaired) electrons. The van der Waals surface area contributed by atoms with Crippen molar-refractivity contribution in [2.24, 2.45) is 0 Å². The van der Waals surface area contributed by atoms with Crippen LogP contribution < -0.4 is 10.9 Å². The highest BCUT2D eigenvalue weighted by Gasteiger charge is 2.25. The van der Waals surface area contributed by atoms with E-state index in [1.54, 1.807) is 13.8 Å². The van der Waals surface area contributed by atoms with Gasteiger partial charge in [-0.1, -0.05) is 30.3 Å². The van der Waals surface area contributed by atoms with Crippen LogP contribution in [-0.2, 0) is 4.79 Å². The summed E-state index contributed by atoms with van der Waals surface area (Å²) in [6.07, 6.45) is 0.453. The lowest BCUT2D eigenvalue weighted by atomic mass is 10.1. The fraction of sp³-hybridized carbons (Fsp3) is 0.368. The van der Waals surface area contributed by atoms with Crippen LogP contribution in [0.1, 0.15) is 42.0 Å². The van der Waals surface area contributed by atoms with Gasteiger partial charge in [-0.25, -0.2) is 0 Å². The molecular formula is C19H22N4O3. The first-order valence-electron chi connectivity index (χ1n) is 8.57. The third kappa shape index (κ3) is 2.89. The Morgan fingerprint density at radius 2 is 1.88 bits per heavy atom. The van der Waals surface area contributed by atoms with E-state index < -0.39 is 6.04 Å². The number of carbonyl (C=O) groups excluding carboxylic acids is 1. The maximum absolute atomic E-state index is 13.0. The highest BCUT2D eigenvalue weighted by molar-refractivity contribution is 5.95. The molecule has 0 saturated heterocycles. The minimum Gasteiger partial charge on any atom is -0.335 e. The van der Waals surface area contributed by atoms with Gasteiger partial charge in [0.25, 0.3) is 11.3 Å². The molecule has 0 unspecified atom stereocenters. The SMILES string of the molecule is CC[C@H](C(=O)Nc1c(C)cccc1C)n1c(C)nc2onc(C)c2c1=O. The van der Waals surface area contributed by atoms with E-state index in [-0.39, 0.29) is 17.2 Å². The third-order valence-electron chi connectivity index (χ3n) is 4.62. The fourth-order valence-corrected chi connectivity index (χ4v) is 3.22. The van der Waals surface area contributed by atoms with Crippen LogP contribution in [0.25, 0.3) is 11.1 Å². The Morgan fingerprint density at radius 1 is 1.23 bits per heavy atom. The smallest absolute Gasteiger partial charge is 0.267 e. The summed E-state index contributed by atoms with van der Waals surface area (Å²) >= 11 is 0. The van der Waals surface area contributed by atoms with E-state index in [0.29, 0.717) is 23.3 Å². The lowest BCUT2D eigenvalue weighted by Gasteiger charge is -2.21. The molecule has 2 aromatic heterocycles. The molecule has 0 aliphatic carbocycles. The first kappa shape index (κ1) is 17.8. The Hall–Kier alpha value is -2.96. The van der Waals surface area contributed by atoms with Gasteiger partial charge in [0, 0.05) is 5.69 Å². The maximum Gasteiger partial charge on any atom is 0.267 e. The van der Waals surface area contributed by atoms with Crippen LogP contribution in [0, 0.1) is 27.7 Å². The first-order chi connectivity index (χ1) is 12.3. The molecule has 0 spiro atoms. The van der Waals surface area contributed by atoms with Crippen molar-refractivity contribution in [1.82, 2.24) is 14.7 Å². The zero-order valence-electron chi connectivity index (χ0n) is 15.6. The Bertz CT molecular complexity index is 1030. The van der Waals surface area contributed by atoms with Crippen molar-refractivity contribution in [3.63, 3.8) is 0 Å². The van der Waals surface area contributed by atoms with E-state index in [0.717, 1.165) is 16.8 Å². The van der Waals surface area contributed by atoms with Crippen molar-refractivity contribution in [3.8, 4) is 0 Å². The van der Waals surface area contributed by atoms with E-state index in [1.165, 1.54) is 4.57 Å². The number of rotatable bonds is 4. The van der Waals surface area contributed by atoms with Gasteiger partial charge in [-0.05, 0) is 45.2 Å². The minimum absolute atomic E-state index is 0.200. The van der Waals surface area contributed by atoms with Gasteiger partial charge in [-0.2, -0.15) is 4.98 Å². The molecule has 3 aromatic rings. The van der Waals surface area contributed by atoms with Crippen LogP contribution in [0.3, 0.4) is 0 Å². The molecule has 1 N–H and O–H groups in total. The van der Waals surface area contributed by atoms with Gasteiger partial charge in [0.05, 0.1) is 5.69 Å². The van der Waals surface area contributed by atoms with E-state index in [9.17, 15) is 9.59 Å². The molecule has 2 heterocycles. The molecule has 26 heavy (non-hydrogen) atoms. The summed E-state index contributed by atoms with van der Waals surface area (Å²) in [6.45, 7) is 9.12. The molecule has 0 bridgehead atoms. The summed E-state index contributed by atoms with van der Waals surface area (Å²) < 4.78 is 6.52. The van der Waals surface area contributed by atoms with Crippen molar-refractivity contribution in [2.75, 3.05) is 5.32 Å². The topological polar surface area (TPSA) is 90.0 Å². The number of nitrogens with zero attached hydrogens (tertiary/aromatic N) is 3. The number of aryl methyl sites for hydroxylation is 4. The van der Waals surface area contributed by atoms with Gasteiger partial charge in [-0.3, -0.25) is 14.2 Å². The number of amides is 1. The molecule has 1 amide bonds. The molecule has 7 nitrogen and oxygen atoms in total. The van der Waals surface area contributed by atoms with Gasteiger partial charge in [0.2, 0.25) is 5.91 Å². The number of hydrogen-bond donors (Lipinski definition) is 1. The zero-order chi connectivity index (χ0) is 19.0. The van der Waals surface area contributed by atoms with Crippen molar-refractivity contribution in [3.05, 3.63) is 51.2 Å². The molecular weight excluding hydrogens is 332 g/mol. The number of benzene rings is 1. The Morgan fingerprint density at radius 3 is 2.50 bits per heavy atom. The molecule has 1 aromatic carbocycles. The van der Waals surface area contributed by atoms with Gasteiger partial charge in [-0.15, -0.1) is 0 Å². The molecule has 136 valence electrons. The van der Waals surface area contributed by atoms with Crippen molar-refractivity contribution in [2.45, 2.75) is 47.1 Å². The van der Waals surface area contributed by atoms with Crippen molar-refractivity contribution >= 4 is 22.7 Å². The average Bonchev–Trinajstić information content (AvgIpc) is 2.95. The van der Waals surface area contributed by atoms with E-state index >= 15 is 0 Å². The number of carbonyl (C=O) groups is 1. The zero-order valence-corrected chi connectivity index (χ0v) is 15.6. The number of para-hydroxylation sites is 1. The largest absolute Gasteiger partial charge is 0.335 e. The van der Waals surface area contributed by atoms with Gasteiger partial charge in [0.15, 0.2) is 0 Å². The normalized spacial score (nSPS) is 12.3. The molecule has 0 saturated carbocycles. The monoisotopic (exact) mass is 354 g/mol. The fourth-order valence-electron chi connectivity index (χ4n) is 3.22. The Labute approximate surface area is 151 Å². The van der Waals surface area contributed by atoms with Crippen molar-refractivity contribution in [1.29, 1.82) is 0 Å². The van der Waals surface area contributed by atoms with Crippen LogP contribution in [0.15, 0.2) is 27.5 Å². The first-order valence-corrected chi connectivity index (χ1v) is 8.57. The minimum atomic E-state index is -0.673. The number of anilines is 1. The number of hydrogen-bond acceptors (Lipinski definition) is 5. The number of nitrogens with one attached hydrogen (secondary N) is 1. The Balaban J connectivity index is 2.06. The summed E-state index contributed by atoms with van der Waals surface area (Å²) in [5.41, 5.74) is 3.08. The lowest BCUT2D eigenvalue weighted by Crippen LogP contribution is -2.35. The van der Waals surface area contributed by atoms with Gasteiger partial charge >= 0.3 is 0 Å². The highest BCUT2D eigenvalue weighted by Crippen LogP contribution is 2.23. The summed E-state index contributed by atoms with van der Waals surface area (Å²) in [7, 11) is 0. The molecule has 0 aliphatic rings. The maximum atomic E-state index is 13.0.